The number of nitrogens with zero attached hydrogens (tertiary/aromatic N) is 1. The van der Waals surface area contributed by atoms with Crippen LogP contribution in [0.15, 0.2) is 15.8 Å². The van der Waals surface area contributed by atoms with Gasteiger partial charge in [-0.15, -0.1) is 0 Å². The molecule has 3 unspecified atom stereocenters. The first-order chi connectivity index (χ1) is 11.4. The molecule has 0 saturated carbocycles. The molecule has 3 atom stereocenters. The molecule has 11 nitrogen and oxygen atoms in total. The molecule has 1 fully saturated rings. The summed E-state index contributed by atoms with van der Waals surface area (Å²) in [4.78, 5) is 24.6. The monoisotopic (exact) mass is 402 g/mol. The molecule has 0 aliphatic carbocycles. The lowest BCUT2D eigenvalue weighted by Gasteiger charge is -2.17. The van der Waals surface area contributed by atoms with Crippen LogP contribution in [-0.2, 0) is 33.3 Å². The smallest absolute Gasteiger partial charge is 0.330 e. The van der Waals surface area contributed by atoms with E-state index in [9.17, 15) is 30.8 Å². The number of halogens is 1. The summed E-state index contributed by atoms with van der Waals surface area (Å²) in [5.74, 6) is -1.25. The summed E-state index contributed by atoms with van der Waals surface area (Å²) in [6.45, 7) is -0.573. The van der Waals surface area contributed by atoms with Gasteiger partial charge in [0, 0.05) is 6.42 Å². The third-order valence-electron chi connectivity index (χ3n) is 3.16. The van der Waals surface area contributed by atoms with Crippen LogP contribution in [0, 0.1) is 5.82 Å². The van der Waals surface area contributed by atoms with Crippen molar-refractivity contribution in [1.82, 2.24) is 9.55 Å². The molecule has 1 aromatic rings. The van der Waals surface area contributed by atoms with Gasteiger partial charge in [-0.25, -0.2) is 4.79 Å². The molecular weight excluding hydrogens is 387 g/mol. The number of hydrogen-bond acceptors (Lipinski definition) is 9. The van der Waals surface area contributed by atoms with Crippen LogP contribution in [0.4, 0.5) is 4.39 Å². The minimum absolute atomic E-state index is 0.226. The highest BCUT2D eigenvalue weighted by molar-refractivity contribution is 7.86. The van der Waals surface area contributed by atoms with Crippen molar-refractivity contribution in [3.8, 4) is 0 Å². The lowest BCUT2D eigenvalue weighted by atomic mass is 10.2. The molecule has 25 heavy (non-hydrogen) atoms. The Hall–Kier alpha value is -1.61. The molecule has 0 bridgehead atoms. The van der Waals surface area contributed by atoms with Gasteiger partial charge >= 0.3 is 5.69 Å². The Labute approximate surface area is 141 Å². The zero-order valence-electron chi connectivity index (χ0n) is 13.0. The van der Waals surface area contributed by atoms with E-state index in [2.05, 4.69) is 4.18 Å². The molecule has 2 heterocycles. The number of nitrogens with one attached hydrogen (secondary N) is 1. The van der Waals surface area contributed by atoms with E-state index >= 15 is 0 Å². The molecule has 1 saturated heterocycles. The zero-order valence-corrected chi connectivity index (χ0v) is 14.7. The van der Waals surface area contributed by atoms with Crippen molar-refractivity contribution >= 4 is 20.2 Å². The second-order valence-electron chi connectivity index (χ2n) is 5.34. The van der Waals surface area contributed by atoms with Crippen LogP contribution >= 0.6 is 0 Å². The predicted octanol–water partition coefficient (Wildman–Crippen LogP) is -1.72. The van der Waals surface area contributed by atoms with Crippen LogP contribution in [0.2, 0.25) is 0 Å². The molecular formula is C11H15FN2O9S2. The van der Waals surface area contributed by atoms with Crippen LogP contribution in [-0.4, -0.2) is 57.7 Å². The van der Waals surface area contributed by atoms with Gasteiger partial charge in [0.15, 0.2) is 0 Å². The van der Waals surface area contributed by atoms with Crippen molar-refractivity contribution in [2.75, 3.05) is 19.1 Å². The van der Waals surface area contributed by atoms with E-state index < -0.39 is 62.3 Å². The maximum atomic E-state index is 13.4. The van der Waals surface area contributed by atoms with Crippen LogP contribution in [0.1, 0.15) is 12.6 Å². The zero-order chi connectivity index (χ0) is 19.0. The molecule has 1 N–H and O–H groups in total. The van der Waals surface area contributed by atoms with E-state index in [1.54, 1.807) is 4.98 Å². The Morgan fingerprint density at radius 3 is 2.48 bits per heavy atom. The molecule has 0 spiro atoms. The van der Waals surface area contributed by atoms with Gasteiger partial charge in [0.2, 0.25) is 5.82 Å². The summed E-state index contributed by atoms with van der Waals surface area (Å²) in [5, 5.41) is 0. The Kier molecular flexibility index (Phi) is 5.48. The summed E-state index contributed by atoms with van der Waals surface area (Å²) in [6.07, 6.45) is -1.60. The second kappa shape index (κ2) is 6.95. The summed E-state index contributed by atoms with van der Waals surface area (Å²) < 4.78 is 73.7. The Morgan fingerprint density at radius 2 is 1.92 bits per heavy atom. The molecule has 2 rings (SSSR count). The summed E-state index contributed by atoms with van der Waals surface area (Å²) in [5.41, 5.74) is -2.21. The maximum Gasteiger partial charge on any atom is 0.330 e. The SMILES string of the molecule is CS(=O)(=O)OCC1OC(n2cc(F)c(=O)[nH]c2=O)CC1OS(C)(=O)=O. The fourth-order valence-corrected chi connectivity index (χ4v) is 3.25. The normalized spacial score (nSPS) is 24.5. The van der Waals surface area contributed by atoms with Crippen molar-refractivity contribution in [3.63, 3.8) is 0 Å². The minimum Gasteiger partial charge on any atom is -0.349 e. The first kappa shape index (κ1) is 19.7. The van der Waals surface area contributed by atoms with Crippen molar-refractivity contribution in [2.45, 2.75) is 24.9 Å². The van der Waals surface area contributed by atoms with Crippen LogP contribution < -0.4 is 11.2 Å². The highest BCUT2D eigenvalue weighted by atomic mass is 32.2. The maximum absolute atomic E-state index is 13.4. The van der Waals surface area contributed by atoms with Crippen LogP contribution in [0.5, 0.6) is 0 Å². The number of aromatic nitrogens is 2. The first-order valence-electron chi connectivity index (χ1n) is 6.75. The van der Waals surface area contributed by atoms with Crippen LogP contribution in [0.3, 0.4) is 0 Å². The third-order valence-corrected chi connectivity index (χ3v) is 4.32. The molecule has 0 amide bonds. The van der Waals surface area contributed by atoms with Gasteiger partial charge in [-0.3, -0.25) is 22.7 Å². The molecule has 1 aromatic heterocycles. The highest BCUT2D eigenvalue weighted by Gasteiger charge is 2.40. The fraction of sp³-hybridized carbons (Fsp3) is 0.636. The third kappa shape index (κ3) is 5.43. The molecule has 14 heteroatoms. The van der Waals surface area contributed by atoms with E-state index in [0.717, 1.165) is 12.5 Å². The van der Waals surface area contributed by atoms with E-state index in [1.165, 1.54) is 0 Å². The van der Waals surface area contributed by atoms with Gasteiger partial charge in [0.1, 0.15) is 18.4 Å². The topological polar surface area (TPSA) is 151 Å². The van der Waals surface area contributed by atoms with E-state index in [-0.39, 0.29) is 6.42 Å². The summed E-state index contributed by atoms with van der Waals surface area (Å²) in [6, 6.07) is 0. The van der Waals surface area contributed by atoms with Crippen molar-refractivity contribution in [2.24, 2.45) is 0 Å². The van der Waals surface area contributed by atoms with Crippen molar-refractivity contribution < 1.29 is 34.3 Å². The number of aromatic amines is 1. The predicted molar refractivity (Wildman–Crippen MR) is 80.3 cm³/mol. The summed E-state index contributed by atoms with van der Waals surface area (Å²) >= 11 is 0. The lowest BCUT2D eigenvalue weighted by Crippen LogP contribution is -2.34. The van der Waals surface area contributed by atoms with E-state index in [0.29, 0.717) is 10.8 Å². The number of ether oxygens (including phenoxy) is 1. The molecule has 0 radical (unpaired) electrons. The first-order valence-corrected chi connectivity index (χ1v) is 10.4. The second-order valence-corrected chi connectivity index (χ2v) is 8.58. The molecule has 1 aliphatic heterocycles. The number of rotatable bonds is 6. The largest absolute Gasteiger partial charge is 0.349 e. The number of H-pyrrole nitrogens is 1. The standard InChI is InChI=1S/C11H15FN2O9S2/c1-24(17,18)21-5-8-7(23-25(2,19)20)3-9(22-8)14-4-6(12)10(15)13-11(14)16/h4,7-9H,3,5H2,1-2H3,(H,13,15,16). The molecule has 142 valence electrons. The van der Waals surface area contributed by atoms with E-state index in [4.69, 9.17) is 8.92 Å². The van der Waals surface area contributed by atoms with Gasteiger partial charge < -0.3 is 4.74 Å². The number of hydrogen-bond donors (Lipinski definition) is 1. The molecule has 0 aromatic carbocycles. The van der Waals surface area contributed by atoms with Crippen molar-refractivity contribution in [1.29, 1.82) is 0 Å². The quantitative estimate of drug-likeness (QED) is 0.548. The molecule has 1 aliphatic rings. The minimum atomic E-state index is -3.93. The van der Waals surface area contributed by atoms with Gasteiger partial charge in [0.25, 0.3) is 25.8 Å². The highest BCUT2D eigenvalue weighted by Crippen LogP contribution is 2.31. The average Bonchev–Trinajstić information content (AvgIpc) is 2.80. The Bertz CT molecular complexity index is 966. The fourth-order valence-electron chi connectivity index (χ4n) is 2.21. The van der Waals surface area contributed by atoms with Gasteiger partial charge in [-0.05, 0) is 0 Å². The van der Waals surface area contributed by atoms with Crippen LogP contribution in [0.25, 0.3) is 0 Å². The average molecular weight is 402 g/mol. The van der Waals surface area contributed by atoms with Gasteiger partial charge in [-0.2, -0.15) is 21.2 Å². The Morgan fingerprint density at radius 1 is 1.28 bits per heavy atom. The van der Waals surface area contributed by atoms with Crippen molar-refractivity contribution in [3.05, 3.63) is 32.9 Å². The van der Waals surface area contributed by atoms with E-state index in [1.807, 2.05) is 0 Å². The van der Waals surface area contributed by atoms with Gasteiger partial charge in [0.05, 0.1) is 25.3 Å². The summed E-state index contributed by atoms with van der Waals surface area (Å²) in [7, 11) is -7.77. The van der Waals surface area contributed by atoms with Gasteiger partial charge in [-0.1, -0.05) is 0 Å². The lowest BCUT2D eigenvalue weighted by molar-refractivity contribution is -0.0356. The Balaban J connectivity index is 2.29.